The highest BCUT2D eigenvalue weighted by Crippen LogP contribution is 2.29. The summed E-state index contributed by atoms with van der Waals surface area (Å²) < 4.78 is 39.9. The summed E-state index contributed by atoms with van der Waals surface area (Å²) in [6.45, 7) is 0.178. The summed E-state index contributed by atoms with van der Waals surface area (Å²) in [5, 5.41) is 9.41. The number of benzene rings is 2. The molecule has 1 aliphatic carbocycles. The van der Waals surface area contributed by atoms with Gasteiger partial charge in [-0.2, -0.15) is 0 Å². The van der Waals surface area contributed by atoms with Gasteiger partial charge >= 0.3 is 6.09 Å². The number of anilines is 1. The largest absolute Gasteiger partial charge is 0.457 e. The fourth-order valence-corrected chi connectivity index (χ4v) is 6.07. The van der Waals surface area contributed by atoms with Crippen molar-refractivity contribution in [3.05, 3.63) is 126 Å². The molecule has 0 bridgehead atoms. The quantitative estimate of drug-likeness (QED) is 0.111. The first kappa shape index (κ1) is 34.0. The smallest absolute Gasteiger partial charge is 0.407 e. The van der Waals surface area contributed by atoms with Crippen LogP contribution in [0.1, 0.15) is 47.3 Å². The van der Waals surface area contributed by atoms with Crippen molar-refractivity contribution >= 4 is 28.9 Å². The molecule has 4 aromatic heterocycles. The molecule has 2 aromatic carbocycles. The maximum absolute atomic E-state index is 14.8. The second-order valence-corrected chi connectivity index (χ2v) is 12.4. The highest BCUT2D eigenvalue weighted by atomic mass is 19.1. The van der Waals surface area contributed by atoms with Crippen molar-refractivity contribution in [2.45, 2.75) is 50.9 Å². The van der Waals surface area contributed by atoms with Crippen LogP contribution >= 0.6 is 0 Å². The third kappa shape index (κ3) is 8.46. The van der Waals surface area contributed by atoms with Crippen LogP contribution in [0, 0.1) is 11.6 Å². The number of nitrogens with one attached hydrogen (secondary N) is 4. The molecule has 4 heterocycles. The van der Waals surface area contributed by atoms with Gasteiger partial charge in [-0.15, -0.1) is 0 Å². The third-order valence-corrected chi connectivity index (χ3v) is 8.57. The SMILES string of the molecule is O=C(NCc1cccc(Oc2ccccc2)c1)OCc1ccnc(C(=O)N[C@H]2CCC[C@@H](Nc3nc(-c4c[nH]c5ncc(F)cc45)ncc3F)C2)c1. The molecule has 2 amide bonds. The minimum absolute atomic E-state index is 0.0182. The van der Waals surface area contributed by atoms with Gasteiger partial charge in [0, 0.05) is 42.0 Å². The minimum Gasteiger partial charge on any atom is -0.457 e. The van der Waals surface area contributed by atoms with Gasteiger partial charge in [0.1, 0.15) is 35.3 Å². The van der Waals surface area contributed by atoms with E-state index in [-0.39, 0.29) is 48.5 Å². The van der Waals surface area contributed by atoms with E-state index in [1.165, 1.54) is 12.3 Å². The molecule has 52 heavy (non-hydrogen) atoms. The van der Waals surface area contributed by atoms with Gasteiger partial charge in [0.2, 0.25) is 0 Å². The van der Waals surface area contributed by atoms with Gasteiger partial charge in [0.15, 0.2) is 17.5 Å². The Labute approximate surface area is 297 Å². The van der Waals surface area contributed by atoms with E-state index in [1.807, 2.05) is 54.6 Å². The van der Waals surface area contributed by atoms with E-state index < -0.39 is 17.7 Å². The zero-order chi connectivity index (χ0) is 35.9. The van der Waals surface area contributed by atoms with Gasteiger partial charge in [-0.25, -0.2) is 28.5 Å². The predicted molar refractivity (Wildman–Crippen MR) is 188 cm³/mol. The van der Waals surface area contributed by atoms with E-state index in [2.05, 4.69) is 40.9 Å². The van der Waals surface area contributed by atoms with Crippen molar-refractivity contribution in [1.82, 2.24) is 35.6 Å². The van der Waals surface area contributed by atoms with Crippen LogP contribution in [0.4, 0.5) is 19.4 Å². The molecule has 14 heteroatoms. The molecule has 1 fully saturated rings. The number of ether oxygens (including phenoxy) is 2. The molecule has 7 rings (SSSR count). The Kier molecular flexibility index (Phi) is 10.2. The van der Waals surface area contributed by atoms with Crippen LogP contribution in [0.2, 0.25) is 0 Å². The number of rotatable bonds is 11. The standard InChI is InChI=1S/C38H34F2N8O4/c39-25-16-30-31(20-43-34(30)42-19-25)35-44-21-32(40)36(48-35)46-26-7-5-8-27(17-26)47-37(49)33-15-24(12-13-41-33)22-51-38(50)45-18-23-6-4-11-29(14-23)52-28-9-2-1-3-10-28/h1-4,6,9-16,19-21,26-27H,5,7-8,17-18,22H2,(H,42,43)(H,45,50)(H,47,49)(H,44,46,48)/t26-,27+/m1/s1. The van der Waals surface area contributed by atoms with Crippen LogP contribution < -0.4 is 20.7 Å². The average molecular weight is 705 g/mol. The van der Waals surface area contributed by atoms with Crippen LogP contribution in [0.5, 0.6) is 11.5 Å². The zero-order valence-corrected chi connectivity index (χ0v) is 27.8. The number of carbonyl (C=O) groups excluding carboxylic acids is 2. The van der Waals surface area contributed by atoms with E-state index in [1.54, 1.807) is 18.3 Å². The third-order valence-electron chi connectivity index (χ3n) is 8.57. The zero-order valence-electron chi connectivity index (χ0n) is 27.8. The number of nitrogens with zero attached hydrogens (tertiary/aromatic N) is 4. The Morgan fingerprint density at radius 2 is 1.73 bits per heavy atom. The molecule has 0 radical (unpaired) electrons. The number of aromatic amines is 1. The Morgan fingerprint density at radius 1 is 0.885 bits per heavy atom. The van der Waals surface area contributed by atoms with Gasteiger partial charge < -0.3 is 30.4 Å². The molecule has 0 aliphatic heterocycles. The predicted octanol–water partition coefficient (Wildman–Crippen LogP) is 7.06. The van der Waals surface area contributed by atoms with Crippen molar-refractivity contribution in [2.75, 3.05) is 5.32 Å². The highest BCUT2D eigenvalue weighted by Gasteiger charge is 2.26. The van der Waals surface area contributed by atoms with Crippen molar-refractivity contribution in [1.29, 1.82) is 0 Å². The molecule has 2 atom stereocenters. The van der Waals surface area contributed by atoms with Crippen molar-refractivity contribution in [3.8, 4) is 22.9 Å². The second-order valence-electron chi connectivity index (χ2n) is 12.4. The fraction of sp³-hybridized carbons (Fsp3) is 0.211. The first-order valence-corrected chi connectivity index (χ1v) is 16.8. The van der Waals surface area contributed by atoms with E-state index in [0.717, 1.165) is 37.2 Å². The number of amides is 2. The number of alkyl carbamates (subject to hydrolysis) is 1. The molecular formula is C38H34F2N8O4. The van der Waals surface area contributed by atoms with Crippen LogP contribution in [0.25, 0.3) is 22.4 Å². The van der Waals surface area contributed by atoms with Gasteiger partial charge in [-0.1, -0.05) is 30.3 Å². The van der Waals surface area contributed by atoms with E-state index in [9.17, 15) is 18.4 Å². The topological polar surface area (TPSA) is 156 Å². The number of fused-ring (bicyclic) bond motifs is 1. The van der Waals surface area contributed by atoms with Crippen LogP contribution in [0.3, 0.4) is 0 Å². The molecule has 1 saturated carbocycles. The molecule has 4 N–H and O–H groups in total. The molecule has 0 saturated heterocycles. The number of para-hydroxylation sites is 1. The Bertz CT molecular complexity index is 2200. The summed E-state index contributed by atoms with van der Waals surface area (Å²) in [5.41, 5.74) is 2.58. The van der Waals surface area contributed by atoms with Gasteiger partial charge in [-0.05, 0) is 79.3 Å². The summed E-state index contributed by atoms with van der Waals surface area (Å²) in [5.74, 6) is 0.0913. The second kappa shape index (κ2) is 15.6. The lowest BCUT2D eigenvalue weighted by atomic mass is 9.91. The van der Waals surface area contributed by atoms with E-state index in [0.29, 0.717) is 40.1 Å². The van der Waals surface area contributed by atoms with Crippen molar-refractivity contribution in [2.24, 2.45) is 0 Å². The Balaban J connectivity index is 0.901. The fourth-order valence-electron chi connectivity index (χ4n) is 6.07. The molecular weight excluding hydrogens is 670 g/mol. The lowest BCUT2D eigenvalue weighted by Crippen LogP contribution is -2.42. The molecule has 264 valence electrons. The summed E-state index contributed by atoms with van der Waals surface area (Å²) >= 11 is 0. The lowest BCUT2D eigenvalue weighted by Gasteiger charge is -2.30. The number of hydrogen-bond donors (Lipinski definition) is 4. The summed E-state index contributed by atoms with van der Waals surface area (Å²) in [6, 6.07) is 21.0. The lowest BCUT2D eigenvalue weighted by molar-refractivity contribution is 0.0921. The minimum atomic E-state index is -0.626. The van der Waals surface area contributed by atoms with Crippen LogP contribution in [0.15, 0.2) is 97.6 Å². The number of carbonyl (C=O) groups is 2. The molecule has 0 spiro atoms. The number of pyridine rings is 2. The maximum Gasteiger partial charge on any atom is 0.407 e. The molecule has 12 nitrogen and oxygen atoms in total. The molecule has 6 aromatic rings. The summed E-state index contributed by atoms with van der Waals surface area (Å²) in [4.78, 5) is 45.3. The number of hydrogen-bond acceptors (Lipinski definition) is 9. The van der Waals surface area contributed by atoms with Gasteiger partial charge in [0.25, 0.3) is 5.91 Å². The number of aromatic nitrogens is 5. The highest BCUT2D eigenvalue weighted by molar-refractivity contribution is 5.93. The summed E-state index contributed by atoms with van der Waals surface area (Å²) in [6.07, 6.45) is 7.45. The average Bonchev–Trinajstić information content (AvgIpc) is 3.58. The van der Waals surface area contributed by atoms with Gasteiger partial charge in [0.05, 0.1) is 12.4 Å². The Hall–Kier alpha value is -6.44. The normalized spacial score (nSPS) is 15.5. The Morgan fingerprint density at radius 3 is 2.62 bits per heavy atom. The monoisotopic (exact) mass is 704 g/mol. The van der Waals surface area contributed by atoms with E-state index >= 15 is 0 Å². The van der Waals surface area contributed by atoms with Crippen LogP contribution in [-0.2, 0) is 17.9 Å². The molecule has 1 aliphatic rings. The molecule has 0 unspecified atom stereocenters. The first-order chi connectivity index (χ1) is 25.4. The number of halogens is 2. The van der Waals surface area contributed by atoms with Gasteiger partial charge in [-0.3, -0.25) is 9.78 Å². The van der Waals surface area contributed by atoms with Crippen LogP contribution in [-0.4, -0.2) is 49.0 Å². The first-order valence-electron chi connectivity index (χ1n) is 16.8. The van der Waals surface area contributed by atoms with Crippen molar-refractivity contribution in [3.63, 3.8) is 0 Å². The summed E-state index contributed by atoms with van der Waals surface area (Å²) in [7, 11) is 0. The maximum atomic E-state index is 14.8. The van der Waals surface area contributed by atoms with Crippen molar-refractivity contribution < 1.29 is 27.8 Å². The van der Waals surface area contributed by atoms with E-state index in [4.69, 9.17) is 9.47 Å². The number of H-pyrrole nitrogens is 1.